The monoisotopic (exact) mass is 254 g/mol. The molecule has 3 nitrogen and oxygen atoms in total. The van der Waals surface area contributed by atoms with E-state index in [9.17, 15) is 9.18 Å². The molecule has 1 amide bonds. The van der Waals surface area contributed by atoms with Crippen molar-refractivity contribution >= 4 is 12.1 Å². The molecule has 0 radical (unpaired) electrons. The van der Waals surface area contributed by atoms with Crippen molar-refractivity contribution in [3.63, 3.8) is 0 Å². The highest BCUT2D eigenvalue weighted by molar-refractivity contribution is 5.76. The second-order valence-electron chi connectivity index (χ2n) is 4.53. The van der Waals surface area contributed by atoms with Crippen LogP contribution in [0.2, 0.25) is 0 Å². The molecule has 1 aromatic rings. The SMILES string of the molecule is CC(C)c1cc(F)cc(C(C)C)c1NC=O.CN. The van der Waals surface area contributed by atoms with E-state index in [1.54, 1.807) is 0 Å². The van der Waals surface area contributed by atoms with Gasteiger partial charge in [0.15, 0.2) is 0 Å². The van der Waals surface area contributed by atoms with Gasteiger partial charge in [-0.05, 0) is 42.1 Å². The van der Waals surface area contributed by atoms with E-state index in [1.165, 1.54) is 19.2 Å². The standard InChI is InChI=1S/C13H18FNO.CH5N/c1-8(2)11-5-10(14)6-12(9(3)4)13(11)15-7-16;1-2/h5-9H,1-4H3,(H,15,16);2H2,1H3. The molecule has 0 atom stereocenters. The van der Waals surface area contributed by atoms with Crippen LogP contribution in [0.5, 0.6) is 0 Å². The van der Waals surface area contributed by atoms with Crippen molar-refractivity contribution in [1.82, 2.24) is 0 Å². The average Bonchev–Trinajstić information content (AvgIpc) is 2.33. The summed E-state index contributed by atoms with van der Waals surface area (Å²) in [5.41, 5.74) is 6.94. The summed E-state index contributed by atoms with van der Waals surface area (Å²) in [6.45, 7) is 7.92. The Labute approximate surface area is 109 Å². The molecule has 1 rings (SSSR count). The summed E-state index contributed by atoms with van der Waals surface area (Å²) in [5.74, 6) is 0.107. The molecule has 102 valence electrons. The Hall–Kier alpha value is -1.42. The quantitative estimate of drug-likeness (QED) is 0.811. The molecule has 0 aliphatic carbocycles. The summed E-state index contributed by atoms with van der Waals surface area (Å²) in [4.78, 5) is 10.6. The third-order valence-electron chi connectivity index (χ3n) is 2.61. The number of carbonyl (C=O) groups is 1. The molecule has 0 saturated heterocycles. The van der Waals surface area contributed by atoms with Crippen molar-refractivity contribution in [2.75, 3.05) is 12.4 Å². The highest BCUT2D eigenvalue weighted by Gasteiger charge is 2.15. The smallest absolute Gasteiger partial charge is 0.211 e. The van der Waals surface area contributed by atoms with Gasteiger partial charge in [0.1, 0.15) is 5.82 Å². The van der Waals surface area contributed by atoms with Gasteiger partial charge >= 0.3 is 0 Å². The molecule has 0 aliphatic rings. The summed E-state index contributed by atoms with van der Waals surface area (Å²) in [6, 6.07) is 2.98. The first-order valence-electron chi connectivity index (χ1n) is 6.08. The lowest BCUT2D eigenvalue weighted by Gasteiger charge is -2.18. The zero-order chi connectivity index (χ0) is 14.3. The molecule has 0 heterocycles. The van der Waals surface area contributed by atoms with Gasteiger partial charge in [-0.3, -0.25) is 4.79 Å². The van der Waals surface area contributed by atoms with E-state index in [0.29, 0.717) is 6.41 Å². The molecular formula is C14H23FN2O. The third-order valence-corrected chi connectivity index (χ3v) is 2.61. The lowest BCUT2D eigenvalue weighted by molar-refractivity contribution is -0.105. The van der Waals surface area contributed by atoms with Gasteiger partial charge in [0.25, 0.3) is 0 Å². The van der Waals surface area contributed by atoms with Crippen LogP contribution in [0.3, 0.4) is 0 Å². The van der Waals surface area contributed by atoms with Gasteiger partial charge in [-0.25, -0.2) is 4.39 Å². The predicted molar refractivity (Wildman–Crippen MR) is 74.4 cm³/mol. The molecule has 0 saturated carbocycles. The lowest BCUT2D eigenvalue weighted by atomic mass is 9.92. The number of nitrogens with one attached hydrogen (secondary N) is 1. The molecule has 0 unspecified atom stereocenters. The topological polar surface area (TPSA) is 55.1 Å². The molecule has 0 aliphatic heterocycles. The summed E-state index contributed by atoms with van der Waals surface area (Å²) in [5, 5.41) is 2.69. The molecule has 4 heteroatoms. The second kappa shape index (κ2) is 7.82. The number of anilines is 1. The Morgan fingerprint density at radius 2 is 1.50 bits per heavy atom. The van der Waals surface area contributed by atoms with Crippen LogP contribution in [-0.2, 0) is 4.79 Å². The van der Waals surface area contributed by atoms with Crippen LogP contribution < -0.4 is 11.1 Å². The molecule has 0 aromatic heterocycles. The molecule has 0 bridgehead atoms. The minimum atomic E-state index is -0.246. The van der Waals surface area contributed by atoms with Gasteiger partial charge in [0, 0.05) is 5.69 Å². The van der Waals surface area contributed by atoms with Gasteiger partial charge in [-0.1, -0.05) is 27.7 Å². The molecule has 1 aromatic carbocycles. The maximum Gasteiger partial charge on any atom is 0.211 e. The largest absolute Gasteiger partial charge is 0.333 e. The maximum atomic E-state index is 13.5. The average molecular weight is 254 g/mol. The number of amides is 1. The van der Waals surface area contributed by atoms with Gasteiger partial charge in [-0.2, -0.15) is 0 Å². The van der Waals surface area contributed by atoms with Crippen LogP contribution in [0.4, 0.5) is 10.1 Å². The minimum Gasteiger partial charge on any atom is -0.333 e. The zero-order valence-electron chi connectivity index (χ0n) is 11.8. The van der Waals surface area contributed by atoms with E-state index in [2.05, 4.69) is 11.1 Å². The van der Waals surface area contributed by atoms with Gasteiger partial charge in [-0.15, -0.1) is 0 Å². The van der Waals surface area contributed by atoms with Gasteiger partial charge in [0.05, 0.1) is 0 Å². The van der Waals surface area contributed by atoms with E-state index in [4.69, 9.17) is 0 Å². The molecule has 0 spiro atoms. The number of carbonyl (C=O) groups excluding carboxylic acids is 1. The van der Waals surface area contributed by atoms with E-state index in [-0.39, 0.29) is 17.7 Å². The summed E-state index contributed by atoms with van der Waals surface area (Å²) in [7, 11) is 1.50. The Kier molecular flexibility index (Phi) is 7.20. The fraction of sp³-hybridized carbons (Fsp3) is 0.500. The normalized spacial score (nSPS) is 10.1. The Balaban J connectivity index is 0.00000137. The van der Waals surface area contributed by atoms with Crippen molar-refractivity contribution < 1.29 is 9.18 Å². The first kappa shape index (κ1) is 16.6. The number of nitrogens with two attached hydrogens (primary N) is 1. The van der Waals surface area contributed by atoms with Crippen LogP contribution in [0.15, 0.2) is 12.1 Å². The number of hydrogen-bond acceptors (Lipinski definition) is 2. The van der Waals surface area contributed by atoms with Gasteiger partial charge in [0.2, 0.25) is 6.41 Å². The number of hydrogen-bond donors (Lipinski definition) is 2. The van der Waals surface area contributed by atoms with Gasteiger partial charge < -0.3 is 11.1 Å². The highest BCUT2D eigenvalue weighted by atomic mass is 19.1. The van der Waals surface area contributed by atoms with E-state index in [0.717, 1.165) is 16.8 Å². The van der Waals surface area contributed by atoms with Crippen molar-refractivity contribution in [1.29, 1.82) is 0 Å². The van der Waals surface area contributed by atoms with Crippen LogP contribution >= 0.6 is 0 Å². The van der Waals surface area contributed by atoms with Crippen molar-refractivity contribution in [2.45, 2.75) is 39.5 Å². The summed E-state index contributed by atoms with van der Waals surface area (Å²) >= 11 is 0. The Morgan fingerprint density at radius 1 is 1.11 bits per heavy atom. The van der Waals surface area contributed by atoms with E-state index >= 15 is 0 Å². The summed E-state index contributed by atoms with van der Waals surface area (Å²) < 4.78 is 13.5. The Bertz CT molecular complexity index is 360. The van der Waals surface area contributed by atoms with Crippen LogP contribution in [-0.4, -0.2) is 13.5 Å². The molecule has 18 heavy (non-hydrogen) atoms. The van der Waals surface area contributed by atoms with Crippen molar-refractivity contribution in [2.24, 2.45) is 5.73 Å². The van der Waals surface area contributed by atoms with Crippen LogP contribution in [0, 0.1) is 5.82 Å². The van der Waals surface area contributed by atoms with E-state index < -0.39 is 0 Å². The lowest BCUT2D eigenvalue weighted by Crippen LogP contribution is -2.06. The fourth-order valence-electron chi connectivity index (χ4n) is 1.79. The first-order valence-corrected chi connectivity index (χ1v) is 6.08. The number of halogens is 1. The second-order valence-corrected chi connectivity index (χ2v) is 4.53. The van der Waals surface area contributed by atoms with E-state index in [1.807, 2.05) is 27.7 Å². The number of benzene rings is 1. The maximum absolute atomic E-state index is 13.5. The first-order chi connectivity index (χ1) is 8.47. The molecule has 3 N–H and O–H groups in total. The minimum absolute atomic E-state index is 0.177. The Morgan fingerprint density at radius 3 is 1.78 bits per heavy atom. The third kappa shape index (κ3) is 4.11. The summed E-state index contributed by atoms with van der Waals surface area (Å²) in [6.07, 6.45) is 0.644. The van der Waals surface area contributed by atoms with Crippen molar-refractivity contribution in [3.05, 3.63) is 29.1 Å². The molecular weight excluding hydrogens is 231 g/mol. The predicted octanol–water partition coefficient (Wildman–Crippen LogP) is 3.22. The molecule has 0 fully saturated rings. The zero-order valence-corrected chi connectivity index (χ0v) is 11.8. The highest BCUT2D eigenvalue weighted by Crippen LogP contribution is 2.33. The number of rotatable bonds is 4. The van der Waals surface area contributed by atoms with Crippen LogP contribution in [0.25, 0.3) is 0 Å². The fourth-order valence-corrected chi connectivity index (χ4v) is 1.79. The van der Waals surface area contributed by atoms with Crippen molar-refractivity contribution in [3.8, 4) is 0 Å². The van der Waals surface area contributed by atoms with Crippen LogP contribution in [0.1, 0.15) is 50.7 Å².